The van der Waals surface area contributed by atoms with Gasteiger partial charge in [-0.15, -0.1) is 0 Å². The molecule has 0 aromatic carbocycles. The lowest BCUT2D eigenvalue weighted by atomic mass is 10.9. The summed E-state index contributed by atoms with van der Waals surface area (Å²) in [4.78, 5) is 19.5. The zero-order valence-corrected chi connectivity index (χ0v) is 5.88. The normalized spacial score (nSPS) is 12.3. The van der Waals surface area contributed by atoms with Crippen molar-refractivity contribution >= 4 is 18.6 Å². The summed E-state index contributed by atoms with van der Waals surface area (Å²) in [7, 11) is 0. The van der Waals surface area contributed by atoms with Crippen molar-refractivity contribution in [2.45, 2.75) is 0 Å². The molecular formula is C3H6N6O3. The summed E-state index contributed by atoms with van der Waals surface area (Å²) in [5.41, 5.74) is 9.98. The van der Waals surface area contributed by atoms with Crippen LogP contribution in [-0.4, -0.2) is 23.7 Å². The molecule has 9 nitrogen and oxygen atoms in total. The Morgan fingerprint density at radius 1 is 1.50 bits per heavy atom. The van der Waals surface area contributed by atoms with E-state index in [9.17, 15) is 10.1 Å². The minimum Gasteiger partial charge on any atom is -0.368 e. The van der Waals surface area contributed by atoms with Gasteiger partial charge in [0, 0.05) is 0 Å². The topological polar surface area (TPSA) is 141 Å². The molecule has 0 amide bonds. The van der Waals surface area contributed by atoms with Crippen LogP contribution in [0.4, 0.5) is 0 Å². The van der Waals surface area contributed by atoms with Crippen molar-refractivity contribution in [3.63, 3.8) is 0 Å². The van der Waals surface area contributed by atoms with Crippen molar-refractivity contribution in [3.05, 3.63) is 10.1 Å². The fourth-order valence-corrected chi connectivity index (χ4v) is 0.248. The van der Waals surface area contributed by atoms with Gasteiger partial charge in [0.05, 0.1) is 0 Å². The van der Waals surface area contributed by atoms with Crippen LogP contribution in [0.25, 0.3) is 0 Å². The van der Waals surface area contributed by atoms with Gasteiger partial charge in [0.15, 0.2) is 5.09 Å². The summed E-state index contributed by atoms with van der Waals surface area (Å²) in [5, 5.41) is 11.2. The Bertz CT molecular complexity index is 244. The van der Waals surface area contributed by atoms with Gasteiger partial charge in [-0.2, -0.15) is 9.93 Å². The first-order chi connectivity index (χ1) is 5.56. The molecule has 0 radical (unpaired) electrons. The highest BCUT2D eigenvalue weighted by atomic mass is 17.0. The third kappa shape index (κ3) is 4.67. The molecule has 66 valence electrons. The highest BCUT2D eigenvalue weighted by Gasteiger charge is 1.97. The number of hydrogen-bond donors (Lipinski definition) is 2. The van der Waals surface area contributed by atoms with Gasteiger partial charge in [0.2, 0.25) is 5.96 Å². The molecule has 0 aromatic rings. The van der Waals surface area contributed by atoms with Crippen molar-refractivity contribution < 1.29 is 10.0 Å². The van der Waals surface area contributed by atoms with Crippen LogP contribution in [0.2, 0.25) is 0 Å². The van der Waals surface area contributed by atoms with Crippen LogP contribution in [0.1, 0.15) is 0 Å². The van der Waals surface area contributed by atoms with E-state index in [2.05, 4.69) is 26.8 Å². The lowest BCUT2D eigenvalue weighted by molar-refractivity contribution is -0.760. The number of guanidine groups is 2. The van der Waals surface area contributed by atoms with Crippen LogP contribution in [0.15, 0.2) is 15.1 Å². The van der Waals surface area contributed by atoms with Gasteiger partial charge in [0.1, 0.15) is 5.16 Å². The molecule has 0 atom stereocenters. The summed E-state index contributed by atoms with van der Waals surface area (Å²) < 4.78 is 0. The molecule has 0 rings (SSSR count). The third-order valence-corrected chi connectivity index (χ3v) is 0.592. The molecule has 0 unspecified atom stereocenters. The second-order valence-corrected chi connectivity index (χ2v) is 1.38. The van der Waals surface area contributed by atoms with Crippen LogP contribution in [-0.2, 0) is 4.94 Å². The Hall–Kier alpha value is -2.19. The molecule has 0 saturated carbocycles. The van der Waals surface area contributed by atoms with E-state index < -0.39 is 11.0 Å². The smallest absolute Gasteiger partial charge is 0.368 e. The first-order valence-electron chi connectivity index (χ1n) is 2.52. The van der Waals surface area contributed by atoms with Crippen molar-refractivity contribution in [2.24, 2.45) is 26.6 Å². The Balaban J connectivity index is 4.19. The van der Waals surface area contributed by atoms with Gasteiger partial charge in [-0.05, 0) is 6.72 Å². The van der Waals surface area contributed by atoms with Crippen molar-refractivity contribution in [1.82, 2.24) is 0 Å². The van der Waals surface area contributed by atoms with Crippen LogP contribution >= 0.6 is 0 Å². The van der Waals surface area contributed by atoms with E-state index in [1.54, 1.807) is 0 Å². The van der Waals surface area contributed by atoms with Crippen molar-refractivity contribution in [1.29, 1.82) is 0 Å². The molecule has 0 bridgehead atoms. The average molecular weight is 174 g/mol. The van der Waals surface area contributed by atoms with Crippen LogP contribution in [0.3, 0.4) is 0 Å². The molecule has 0 heterocycles. The summed E-state index contributed by atoms with van der Waals surface area (Å²) in [5.74, 6) is -0.778. The summed E-state index contributed by atoms with van der Waals surface area (Å²) in [6, 6.07) is 0. The molecule has 0 aliphatic rings. The second-order valence-electron chi connectivity index (χ2n) is 1.38. The van der Waals surface area contributed by atoms with E-state index in [1.165, 1.54) is 0 Å². The Labute approximate surface area is 66.5 Å². The van der Waals surface area contributed by atoms with Gasteiger partial charge < -0.3 is 11.5 Å². The van der Waals surface area contributed by atoms with E-state index in [1.807, 2.05) is 0 Å². The maximum Gasteiger partial charge on any atom is 0.370 e. The quantitative estimate of drug-likeness (QED) is 0.225. The maximum absolute atomic E-state index is 9.56. The van der Waals surface area contributed by atoms with Gasteiger partial charge in [-0.25, -0.2) is 15.1 Å². The molecule has 0 aliphatic heterocycles. The highest BCUT2D eigenvalue weighted by molar-refractivity contribution is 5.94. The Morgan fingerprint density at radius 3 is 2.50 bits per heavy atom. The predicted molar refractivity (Wildman–Crippen MR) is 40.9 cm³/mol. The second kappa shape index (κ2) is 4.60. The van der Waals surface area contributed by atoms with E-state index in [4.69, 9.17) is 11.5 Å². The van der Waals surface area contributed by atoms with Gasteiger partial charge in [-0.3, -0.25) is 0 Å². The van der Waals surface area contributed by atoms with E-state index in [-0.39, 0.29) is 5.96 Å². The molecule has 12 heavy (non-hydrogen) atoms. The van der Waals surface area contributed by atoms with Crippen molar-refractivity contribution in [2.75, 3.05) is 0 Å². The molecule has 0 aromatic heterocycles. The zero-order valence-electron chi connectivity index (χ0n) is 5.88. The Kier molecular flexibility index (Phi) is 3.76. The van der Waals surface area contributed by atoms with Crippen molar-refractivity contribution in [3.8, 4) is 0 Å². The molecule has 0 spiro atoms. The largest absolute Gasteiger partial charge is 0.370 e. The lowest BCUT2D eigenvalue weighted by Gasteiger charge is -1.87. The molecule has 0 fully saturated rings. The highest BCUT2D eigenvalue weighted by Crippen LogP contribution is 1.79. The molecule has 9 heteroatoms. The summed E-state index contributed by atoms with van der Waals surface area (Å²) in [6.07, 6.45) is 0. The first kappa shape index (κ1) is 9.81. The van der Waals surface area contributed by atoms with Gasteiger partial charge >= 0.3 is 5.96 Å². The van der Waals surface area contributed by atoms with Crippen LogP contribution < -0.4 is 11.5 Å². The minimum atomic E-state index is -1.15. The predicted octanol–water partition coefficient (Wildman–Crippen LogP) is -1.56. The molecular weight excluding hydrogens is 168 g/mol. The zero-order chi connectivity index (χ0) is 9.56. The first-order valence-corrected chi connectivity index (χ1v) is 2.52. The minimum absolute atomic E-state index is 0.261. The lowest BCUT2D eigenvalue weighted by Crippen LogP contribution is -2.17. The number of nitrogens with zero attached hydrogens (tertiary/aromatic N) is 4. The number of hydrogen-bond acceptors (Lipinski definition) is 4. The van der Waals surface area contributed by atoms with E-state index in [0.717, 1.165) is 0 Å². The molecule has 4 N–H and O–H groups in total. The third-order valence-electron chi connectivity index (χ3n) is 0.592. The van der Waals surface area contributed by atoms with E-state index in [0.29, 0.717) is 0 Å². The average Bonchev–Trinajstić information content (AvgIpc) is 2.00. The van der Waals surface area contributed by atoms with E-state index >= 15 is 0 Å². The molecule has 0 saturated heterocycles. The monoisotopic (exact) mass is 174 g/mol. The van der Waals surface area contributed by atoms with Crippen LogP contribution in [0, 0.1) is 10.1 Å². The Morgan fingerprint density at radius 2 is 2.08 bits per heavy atom. The standard InChI is InChI=1S/C3H6N6O3/c1-6-2(4)7-3(5)8-12-9(10)11/h1H2,(H4,4,5,7,8). The number of aliphatic imine (C=N–C) groups is 2. The SMILES string of the molecule is C=N/C(N)=N/C(N)=N/O[N+](=O)[O-]. The summed E-state index contributed by atoms with van der Waals surface area (Å²) in [6.45, 7) is 3.02. The van der Waals surface area contributed by atoms with Gasteiger partial charge in [0.25, 0.3) is 0 Å². The number of nitrogens with two attached hydrogens (primary N) is 2. The van der Waals surface area contributed by atoms with Gasteiger partial charge in [-0.1, -0.05) is 0 Å². The fraction of sp³-hybridized carbons (Fsp3) is 0. The number of rotatable bonds is 2. The number of oxime groups is 1. The summed E-state index contributed by atoms with van der Waals surface area (Å²) >= 11 is 0. The molecule has 0 aliphatic carbocycles. The fourth-order valence-electron chi connectivity index (χ4n) is 0.248. The van der Waals surface area contributed by atoms with Crippen LogP contribution in [0.5, 0.6) is 0 Å². The maximum atomic E-state index is 9.56.